The Labute approximate surface area is 241 Å². The Kier molecular flexibility index (Phi) is 8.68. The molecule has 41 heavy (non-hydrogen) atoms. The number of nitrogens with two attached hydrogens (primary N) is 1. The number of amides is 1. The third kappa shape index (κ3) is 6.43. The second-order valence-electron chi connectivity index (χ2n) is 10.8. The molecule has 1 aromatic carbocycles. The highest BCUT2D eigenvalue weighted by molar-refractivity contribution is 5.84. The number of nitrogen functional groups attached to an aromatic ring is 1. The van der Waals surface area contributed by atoms with Crippen LogP contribution in [-0.2, 0) is 17.7 Å². The molecule has 216 valence electrons. The topological polar surface area (TPSA) is 107 Å². The third-order valence-electron chi connectivity index (χ3n) is 8.00. The molecule has 10 nitrogen and oxygen atoms in total. The van der Waals surface area contributed by atoms with E-state index < -0.39 is 0 Å². The number of hydrogen-bond donors (Lipinski definition) is 1. The molecule has 2 N–H and O–H groups in total. The number of aryl methyl sites for hydroxylation is 3. The first-order valence-corrected chi connectivity index (χ1v) is 14.3. The minimum Gasteiger partial charge on any atom is -0.447 e. The van der Waals surface area contributed by atoms with E-state index in [4.69, 9.17) is 10.5 Å². The molecule has 2 aliphatic rings. The molecule has 0 radical (unpaired) electrons. The lowest BCUT2D eigenvalue weighted by Crippen LogP contribution is -2.52. The molecule has 0 saturated carbocycles. The van der Waals surface area contributed by atoms with E-state index >= 15 is 0 Å². The van der Waals surface area contributed by atoms with E-state index in [1.165, 1.54) is 23.0 Å². The molecule has 0 aliphatic carbocycles. The van der Waals surface area contributed by atoms with Gasteiger partial charge in [0, 0.05) is 37.1 Å². The van der Waals surface area contributed by atoms with E-state index in [0.29, 0.717) is 12.4 Å². The summed E-state index contributed by atoms with van der Waals surface area (Å²) in [6.45, 7) is 13.1. The summed E-state index contributed by atoms with van der Waals surface area (Å²) >= 11 is 0. The molecule has 6 rings (SSSR count). The van der Waals surface area contributed by atoms with Crippen molar-refractivity contribution in [3.63, 3.8) is 0 Å². The molecule has 2 aliphatic heterocycles. The smallest absolute Gasteiger partial charge is 0.410 e. The Hall–Kier alpha value is -4.18. The van der Waals surface area contributed by atoms with Crippen LogP contribution < -0.4 is 5.73 Å². The molecule has 2 saturated heterocycles. The Bertz CT molecular complexity index is 1500. The molecular formula is C31H40N8O2. The summed E-state index contributed by atoms with van der Waals surface area (Å²) in [4.78, 5) is 20.0. The van der Waals surface area contributed by atoms with E-state index in [-0.39, 0.29) is 12.1 Å². The van der Waals surface area contributed by atoms with Crippen molar-refractivity contribution in [2.75, 3.05) is 38.5 Å². The monoisotopic (exact) mass is 556 g/mol. The first kappa shape index (κ1) is 28.4. The van der Waals surface area contributed by atoms with Crippen LogP contribution in [-0.4, -0.2) is 79.1 Å². The summed E-state index contributed by atoms with van der Waals surface area (Å²) in [6, 6.07) is 12.8. The normalized spacial score (nSPS) is 17.4. The molecule has 1 amide bonds. The van der Waals surface area contributed by atoms with Gasteiger partial charge in [0.2, 0.25) is 0 Å². The molecule has 2 fully saturated rings. The lowest BCUT2D eigenvalue weighted by molar-refractivity contribution is 0.119. The molecule has 0 spiro atoms. The molecular weight excluding hydrogens is 516 g/mol. The van der Waals surface area contributed by atoms with Crippen LogP contribution in [0.4, 0.5) is 10.6 Å². The van der Waals surface area contributed by atoms with E-state index in [0.717, 1.165) is 68.0 Å². The number of benzene rings is 1. The van der Waals surface area contributed by atoms with Crippen molar-refractivity contribution in [3.05, 3.63) is 83.1 Å². The highest BCUT2D eigenvalue weighted by Gasteiger charge is 2.37. The average Bonchev–Trinajstić information content (AvgIpc) is 3.64. The van der Waals surface area contributed by atoms with Gasteiger partial charge in [0.1, 0.15) is 18.5 Å². The highest BCUT2D eigenvalue weighted by Crippen LogP contribution is 2.27. The number of cyclic esters (lactones) is 1. The standard InChI is InChI=1S/C19H26N6O2.C12H14N2/c1-3-13(2)16-9-14(25-17(16)18(20)21-12-22-25)5-4-6-23-7-8-24-15(10-23)11-27-19(24)26;1-10-8-14(13-11(10)2)9-12-6-4-3-5-7-12/h3,9,12,15H,4-8,10-11H2,1-2H3,(H2,20,21,22);3-8H,9H2,1-2H3/b13-3+;. The van der Waals surface area contributed by atoms with Gasteiger partial charge in [0.25, 0.3) is 0 Å². The van der Waals surface area contributed by atoms with Gasteiger partial charge in [-0.25, -0.2) is 14.3 Å². The fraction of sp³-hybridized carbons (Fsp3) is 0.419. The second-order valence-corrected chi connectivity index (χ2v) is 10.8. The fourth-order valence-electron chi connectivity index (χ4n) is 5.48. The van der Waals surface area contributed by atoms with Gasteiger partial charge in [-0.15, -0.1) is 0 Å². The highest BCUT2D eigenvalue weighted by atomic mass is 16.6. The fourth-order valence-corrected chi connectivity index (χ4v) is 5.48. The first-order chi connectivity index (χ1) is 19.8. The quantitative estimate of drug-likeness (QED) is 0.361. The van der Waals surface area contributed by atoms with Gasteiger partial charge in [-0.3, -0.25) is 14.5 Å². The van der Waals surface area contributed by atoms with Crippen LogP contribution in [0.3, 0.4) is 0 Å². The summed E-state index contributed by atoms with van der Waals surface area (Å²) in [5.74, 6) is 0.509. The lowest BCUT2D eigenvalue weighted by Gasteiger charge is -2.35. The van der Waals surface area contributed by atoms with Gasteiger partial charge in [-0.1, -0.05) is 36.4 Å². The van der Waals surface area contributed by atoms with Crippen LogP contribution in [0.25, 0.3) is 11.1 Å². The van der Waals surface area contributed by atoms with Crippen molar-refractivity contribution in [2.24, 2.45) is 0 Å². The van der Waals surface area contributed by atoms with Gasteiger partial charge < -0.3 is 10.5 Å². The van der Waals surface area contributed by atoms with Crippen LogP contribution in [0.2, 0.25) is 0 Å². The van der Waals surface area contributed by atoms with Crippen LogP contribution in [0, 0.1) is 13.8 Å². The van der Waals surface area contributed by atoms with Gasteiger partial charge in [-0.05, 0) is 69.8 Å². The summed E-state index contributed by atoms with van der Waals surface area (Å²) in [7, 11) is 0. The van der Waals surface area contributed by atoms with Crippen LogP contribution in [0.15, 0.2) is 55.0 Å². The zero-order chi connectivity index (χ0) is 28.9. The minimum atomic E-state index is -0.163. The molecule has 10 heteroatoms. The first-order valence-electron chi connectivity index (χ1n) is 14.3. The van der Waals surface area contributed by atoms with E-state index in [1.807, 2.05) is 34.0 Å². The second kappa shape index (κ2) is 12.6. The number of rotatable bonds is 7. The van der Waals surface area contributed by atoms with Crippen molar-refractivity contribution in [1.29, 1.82) is 0 Å². The summed E-state index contributed by atoms with van der Waals surface area (Å²) in [6.07, 6.45) is 7.44. The number of fused-ring (bicyclic) bond motifs is 2. The van der Waals surface area contributed by atoms with E-state index in [2.05, 4.69) is 76.5 Å². The van der Waals surface area contributed by atoms with Crippen molar-refractivity contribution < 1.29 is 9.53 Å². The van der Waals surface area contributed by atoms with Crippen LogP contribution >= 0.6 is 0 Å². The number of carbonyl (C=O) groups is 1. The largest absolute Gasteiger partial charge is 0.447 e. The lowest BCUT2D eigenvalue weighted by atomic mass is 10.1. The number of anilines is 1. The predicted octanol–water partition coefficient (Wildman–Crippen LogP) is 4.35. The molecule has 5 heterocycles. The average molecular weight is 557 g/mol. The molecule has 1 atom stereocenters. The van der Waals surface area contributed by atoms with Crippen molar-refractivity contribution >= 4 is 23.0 Å². The van der Waals surface area contributed by atoms with E-state index in [1.54, 1.807) is 0 Å². The van der Waals surface area contributed by atoms with Crippen LogP contribution in [0.5, 0.6) is 0 Å². The van der Waals surface area contributed by atoms with Crippen molar-refractivity contribution in [3.8, 4) is 0 Å². The van der Waals surface area contributed by atoms with Crippen molar-refractivity contribution in [1.82, 2.24) is 34.2 Å². The number of aromatic nitrogens is 5. The Balaban J connectivity index is 0.000000202. The van der Waals surface area contributed by atoms with Gasteiger partial charge in [-0.2, -0.15) is 10.2 Å². The number of ether oxygens (including phenoxy) is 1. The van der Waals surface area contributed by atoms with Gasteiger partial charge >= 0.3 is 6.09 Å². The van der Waals surface area contributed by atoms with Crippen molar-refractivity contribution in [2.45, 2.75) is 53.1 Å². The zero-order valence-electron chi connectivity index (χ0n) is 24.5. The molecule has 4 aromatic rings. The number of hydrogen-bond acceptors (Lipinski definition) is 7. The number of piperazine rings is 1. The van der Waals surface area contributed by atoms with E-state index in [9.17, 15) is 4.79 Å². The summed E-state index contributed by atoms with van der Waals surface area (Å²) in [5, 5.41) is 8.84. The summed E-state index contributed by atoms with van der Waals surface area (Å²) < 4.78 is 9.05. The molecule has 0 bridgehead atoms. The van der Waals surface area contributed by atoms with Gasteiger partial charge in [0.15, 0.2) is 5.82 Å². The predicted molar refractivity (Wildman–Crippen MR) is 161 cm³/mol. The molecule has 1 unspecified atom stereocenters. The zero-order valence-corrected chi connectivity index (χ0v) is 24.5. The maximum absolute atomic E-state index is 11.6. The Morgan fingerprint density at radius 1 is 1.20 bits per heavy atom. The number of nitrogens with zero attached hydrogens (tertiary/aromatic N) is 7. The number of allylic oxidation sites excluding steroid dienone is 2. The Morgan fingerprint density at radius 3 is 2.73 bits per heavy atom. The SMILES string of the molecule is C/C=C(\C)c1cc(CCCN2CCN3C(=O)OCC3C2)n2ncnc(N)c12.Cc1cn(Cc2ccccc2)nc1C. The number of carbonyl (C=O) groups excluding carboxylic acids is 1. The Morgan fingerprint density at radius 2 is 2.00 bits per heavy atom. The summed E-state index contributed by atoms with van der Waals surface area (Å²) in [5.41, 5.74) is 14.1. The van der Waals surface area contributed by atoms with Crippen LogP contribution in [0.1, 0.15) is 48.3 Å². The minimum absolute atomic E-state index is 0.163. The third-order valence-corrected chi connectivity index (χ3v) is 8.00. The van der Waals surface area contributed by atoms with Gasteiger partial charge in [0.05, 0.1) is 18.3 Å². The molecule has 3 aromatic heterocycles. The maximum Gasteiger partial charge on any atom is 0.410 e. The maximum atomic E-state index is 11.6.